The average molecular weight is 502 g/mol. The zero-order valence-electron chi connectivity index (χ0n) is 18.9. The maximum absolute atomic E-state index is 13.6. The van der Waals surface area contributed by atoms with E-state index in [-0.39, 0.29) is 24.8 Å². The quantitative estimate of drug-likeness (QED) is 0.261. The zero-order valence-corrected chi connectivity index (χ0v) is 18.9. The summed E-state index contributed by atoms with van der Waals surface area (Å²) in [6, 6.07) is 10.6. The van der Waals surface area contributed by atoms with Crippen LogP contribution in [0.25, 0.3) is 22.6 Å². The summed E-state index contributed by atoms with van der Waals surface area (Å²) in [4.78, 5) is 24.8. The zero-order chi connectivity index (χ0) is 25.7. The summed E-state index contributed by atoms with van der Waals surface area (Å²) in [5.41, 5.74) is 6.97. The molecule has 0 spiro atoms. The number of unbranched alkanes of at least 4 members (excludes halogenated alkanes) is 1. The molecule has 0 saturated heterocycles. The van der Waals surface area contributed by atoms with Gasteiger partial charge in [-0.25, -0.2) is 24.1 Å². The molecule has 8 nitrogen and oxygen atoms in total. The third-order valence-corrected chi connectivity index (χ3v) is 5.29. The lowest BCUT2D eigenvalue weighted by Crippen LogP contribution is -2.24. The van der Waals surface area contributed by atoms with Crippen LogP contribution in [0.5, 0.6) is 0 Å². The van der Waals surface area contributed by atoms with Crippen molar-refractivity contribution in [2.24, 2.45) is 0 Å². The van der Waals surface area contributed by atoms with Gasteiger partial charge in [0.2, 0.25) is 0 Å². The molecule has 36 heavy (non-hydrogen) atoms. The van der Waals surface area contributed by atoms with Crippen LogP contribution in [-0.2, 0) is 24.0 Å². The third-order valence-electron chi connectivity index (χ3n) is 5.29. The van der Waals surface area contributed by atoms with Gasteiger partial charge in [0.15, 0.2) is 17.3 Å². The highest BCUT2D eigenvalue weighted by Crippen LogP contribution is 2.29. The first-order valence-corrected chi connectivity index (χ1v) is 11.0. The highest BCUT2D eigenvalue weighted by molar-refractivity contribution is 5.83. The number of aromatic nitrogens is 4. The van der Waals surface area contributed by atoms with Crippen molar-refractivity contribution < 1.29 is 27.1 Å². The molecule has 188 valence electrons. The second kappa shape index (κ2) is 10.6. The van der Waals surface area contributed by atoms with E-state index in [1.165, 1.54) is 24.3 Å². The second-order valence-electron chi connectivity index (χ2n) is 7.95. The first kappa shape index (κ1) is 24.9. The fraction of sp³-hybridized carbons (Fsp3) is 0.250. The Kier molecular flexibility index (Phi) is 7.32. The molecule has 4 rings (SSSR count). The minimum atomic E-state index is -4.45. The Hall–Kier alpha value is -4.22. The predicted octanol–water partition coefficient (Wildman–Crippen LogP) is 4.94. The Bertz CT molecular complexity index is 1370. The van der Waals surface area contributed by atoms with Gasteiger partial charge in [0, 0.05) is 18.7 Å². The van der Waals surface area contributed by atoms with Crippen LogP contribution in [0.3, 0.4) is 0 Å². The van der Waals surface area contributed by atoms with Gasteiger partial charge in [0.25, 0.3) is 0 Å². The number of hydrogen-bond donors (Lipinski definition) is 2. The van der Waals surface area contributed by atoms with Crippen LogP contribution < -0.4 is 11.1 Å². The average Bonchev–Trinajstić information content (AvgIpc) is 3.26. The van der Waals surface area contributed by atoms with E-state index in [1.54, 1.807) is 23.0 Å². The van der Waals surface area contributed by atoms with Crippen LogP contribution >= 0.6 is 0 Å². The fourth-order valence-electron chi connectivity index (χ4n) is 3.52. The third kappa shape index (κ3) is 6.06. The molecular weight excluding hydrogens is 480 g/mol. The fourth-order valence-corrected chi connectivity index (χ4v) is 3.52. The van der Waals surface area contributed by atoms with Gasteiger partial charge >= 0.3 is 12.3 Å². The van der Waals surface area contributed by atoms with Gasteiger partial charge in [-0.1, -0.05) is 24.3 Å². The number of amides is 1. The number of nitrogens with one attached hydrogen (secondary N) is 1. The molecule has 2 aromatic heterocycles. The molecule has 3 N–H and O–H groups in total. The summed E-state index contributed by atoms with van der Waals surface area (Å²) in [6.45, 7) is 0.538. The molecule has 0 radical (unpaired) electrons. The molecule has 0 aliphatic heterocycles. The van der Waals surface area contributed by atoms with Gasteiger partial charge in [0.1, 0.15) is 11.3 Å². The summed E-state index contributed by atoms with van der Waals surface area (Å²) in [7, 11) is 0. The number of anilines is 1. The van der Waals surface area contributed by atoms with Crippen LogP contribution in [0.4, 0.5) is 28.2 Å². The minimum Gasteiger partial charge on any atom is -0.450 e. The monoisotopic (exact) mass is 502 g/mol. The van der Waals surface area contributed by atoms with E-state index in [9.17, 15) is 22.4 Å². The summed E-state index contributed by atoms with van der Waals surface area (Å²) in [6.07, 6.45) is -2.45. The van der Waals surface area contributed by atoms with E-state index in [0.29, 0.717) is 41.7 Å². The van der Waals surface area contributed by atoms with E-state index >= 15 is 0 Å². The van der Waals surface area contributed by atoms with E-state index in [2.05, 4.69) is 20.3 Å². The van der Waals surface area contributed by atoms with E-state index in [4.69, 9.17) is 10.5 Å². The van der Waals surface area contributed by atoms with Crippen molar-refractivity contribution in [2.75, 3.05) is 12.3 Å². The van der Waals surface area contributed by atoms with Crippen LogP contribution in [0.15, 0.2) is 54.9 Å². The topological polar surface area (TPSA) is 108 Å². The number of alkyl halides is 3. The SMILES string of the molecule is Nc1nc(-c2cccc(F)c2)nc2c1ncn2CCCCOC(=O)NCc1cccc(C(F)(F)F)c1. The second-order valence-corrected chi connectivity index (χ2v) is 7.95. The number of nitrogens with two attached hydrogens (primary N) is 1. The number of benzene rings is 2. The molecule has 0 aliphatic carbocycles. The Morgan fingerprint density at radius 3 is 2.67 bits per heavy atom. The Labute approximate surface area is 203 Å². The van der Waals surface area contributed by atoms with Gasteiger partial charge in [-0.2, -0.15) is 13.2 Å². The number of nitrogen functional groups attached to an aromatic ring is 1. The van der Waals surface area contributed by atoms with E-state index in [0.717, 1.165) is 12.1 Å². The first-order valence-electron chi connectivity index (χ1n) is 11.0. The number of carbonyl (C=O) groups excluding carboxylic acids is 1. The van der Waals surface area contributed by atoms with Crippen molar-refractivity contribution in [3.8, 4) is 11.4 Å². The number of carbonyl (C=O) groups is 1. The Morgan fingerprint density at radius 2 is 1.89 bits per heavy atom. The molecule has 4 aromatic rings. The van der Waals surface area contributed by atoms with E-state index < -0.39 is 23.7 Å². The highest BCUT2D eigenvalue weighted by Gasteiger charge is 2.30. The number of ether oxygens (including phenoxy) is 1. The van der Waals surface area contributed by atoms with Gasteiger partial charge in [0.05, 0.1) is 18.5 Å². The van der Waals surface area contributed by atoms with Crippen LogP contribution in [0.1, 0.15) is 24.0 Å². The number of imidazole rings is 1. The number of nitrogens with zero attached hydrogens (tertiary/aromatic N) is 4. The number of fused-ring (bicyclic) bond motifs is 1. The van der Waals surface area contributed by atoms with E-state index in [1.807, 2.05) is 0 Å². The molecule has 12 heteroatoms. The van der Waals surface area contributed by atoms with Crippen molar-refractivity contribution in [2.45, 2.75) is 32.1 Å². The number of halogens is 4. The van der Waals surface area contributed by atoms with Crippen molar-refractivity contribution in [1.82, 2.24) is 24.8 Å². The summed E-state index contributed by atoms with van der Waals surface area (Å²) in [5.74, 6) is 0.0444. The van der Waals surface area contributed by atoms with Gasteiger partial charge < -0.3 is 20.4 Å². The number of hydrogen-bond acceptors (Lipinski definition) is 6. The highest BCUT2D eigenvalue weighted by atomic mass is 19.4. The van der Waals surface area contributed by atoms with Gasteiger partial charge in [-0.3, -0.25) is 0 Å². The van der Waals surface area contributed by atoms with Crippen LogP contribution in [0.2, 0.25) is 0 Å². The minimum absolute atomic E-state index is 0.0848. The normalized spacial score (nSPS) is 11.6. The molecule has 0 aliphatic rings. The Morgan fingerprint density at radius 1 is 1.08 bits per heavy atom. The lowest BCUT2D eigenvalue weighted by Gasteiger charge is -2.10. The maximum atomic E-state index is 13.6. The molecule has 1 amide bonds. The number of rotatable bonds is 8. The molecule has 2 aromatic carbocycles. The number of alkyl carbamates (subject to hydrolysis) is 1. The molecule has 0 fully saturated rings. The van der Waals surface area contributed by atoms with Crippen molar-refractivity contribution in [3.63, 3.8) is 0 Å². The molecule has 0 atom stereocenters. The van der Waals surface area contributed by atoms with Gasteiger partial charge in [-0.05, 0) is 42.7 Å². The van der Waals surface area contributed by atoms with Crippen LogP contribution in [0, 0.1) is 5.82 Å². The standard InChI is InChI=1S/C24H22F4N6O2/c25-18-8-4-6-16(12-18)21-32-20(29)19-22(33-21)34(14-31-19)9-1-2-10-36-23(35)30-13-15-5-3-7-17(11-15)24(26,27)28/h3-8,11-12,14H,1-2,9-10,13H2,(H,30,35)(H2,29,32,33). The van der Waals surface area contributed by atoms with Crippen molar-refractivity contribution in [1.29, 1.82) is 0 Å². The first-order chi connectivity index (χ1) is 17.2. The van der Waals surface area contributed by atoms with Crippen LogP contribution in [-0.4, -0.2) is 32.2 Å². The van der Waals surface area contributed by atoms with Gasteiger partial charge in [-0.15, -0.1) is 0 Å². The summed E-state index contributed by atoms with van der Waals surface area (Å²) >= 11 is 0. The Balaban J connectivity index is 1.27. The molecular formula is C24H22F4N6O2. The number of aryl methyl sites for hydroxylation is 1. The lowest BCUT2D eigenvalue weighted by molar-refractivity contribution is -0.137. The van der Waals surface area contributed by atoms with Crippen molar-refractivity contribution >= 4 is 23.1 Å². The molecule has 0 unspecified atom stereocenters. The smallest absolute Gasteiger partial charge is 0.416 e. The van der Waals surface area contributed by atoms with Crippen molar-refractivity contribution in [3.05, 3.63) is 71.8 Å². The summed E-state index contributed by atoms with van der Waals surface area (Å²) < 4.78 is 58.8. The largest absolute Gasteiger partial charge is 0.450 e. The predicted molar refractivity (Wildman–Crippen MR) is 124 cm³/mol. The molecule has 2 heterocycles. The maximum Gasteiger partial charge on any atom is 0.416 e. The molecule has 0 bridgehead atoms. The lowest BCUT2D eigenvalue weighted by atomic mass is 10.1. The molecule has 0 saturated carbocycles. The summed E-state index contributed by atoms with van der Waals surface area (Å²) in [5, 5.41) is 2.44.